The van der Waals surface area contributed by atoms with Gasteiger partial charge in [-0.3, -0.25) is 0 Å². The summed E-state index contributed by atoms with van der Waals surface area (Å²) >= 11 is 3.57. The number of methoxy groups -OCH3 is 1. The van der Waals surface area contributed by atoms with Crippen LogP contribution < -0.4 is 10.5 Å². The van der Waals surface area contributed by atoms with Crippen LogP contribution >= 0.6 is 15.9 Å². The van der Waals surface area contributed by atoms with Crippen molar-refractivity contribution >= 4 is 15.9 Å². The van der Waals surface area contributed by atoms with E-state index >= 15 is 0 Å². The Hall–Kier alpha value is -0.540. The van der Waals surface area contributed by atoms with Crippen molar-refractivity contribution in [3.63, 3.8) is 0 Å². The molecule has 96 valence electrons. The summed E-state index contributed by atoms with van der Waals surface area (Å²) in [6.07, 6.45) is 0.933. The first-order chi connectivity index (χ1) is 7.81. The Balaban J connectivity index is 3.39. The average molecular weight is 300 g/mol. The van der Waals surface area contributed by atoms with Crippen LogP contribution in [0, 0.1) is 0 Å². The van der Waals surface area contributed by atoms with Gasteiger partial charge in [-0.25, -0.2) is 0 Å². The minimum absolute atomic E-state index is 0.0390. The lowest BCUT2D eigenvalue weighted by molar-refractivity contribution is 0.394. The molecule has 1 aromatic rings. The molecule has 1 unspecified atom stereocenters. The second-order valence-electron chi connectivity index (χ2n) is 5.35. The van der Waals surface area contributed by atoms with Crippen molar-refractivity contribution in [1.82, 2.24) is 0 Å². The minimum Gasteiger partial charge on any atom is -0.495 e. The van der Waals surface area contributed by atoms with Crippen LogP contribution in [-0.4, -0.2) is 7.11 Å². The molecule has 0 aliphatic rings. The lowest BCUT2D eigenvalue weighted by Crippen LogP contribution is -2.16. The van der Waals surface area contributed by atoms with E-state index < -0.39 is 0 Å². The normalized spacial score (nSPS) is 13.6. The van der Waals surface area contributed by atoms with Crippen LogP contribution in [0.2, 0.25) is 0 Å². The predicted octanol–water partition coefficient (Wildman–Crippen LogP) is 4.17. The molecular formula is C14H22BrNO. The summed E-state index contributed by atoms with van der Waals surface area (Å²) in [5, 5.41) is 0. The van der Waals surface area contributed by atoms with Gasteiger partial charge in [0.1, 0.15) is 5.75 Å². The Kier molecular flexibility index (Phi) is 4.62. The van der Waals surface area contributed by atoms with E-state index in [9.17, 15) is 0 Å². The highest BCUT2D eigenvalue weighted by atomic mass is 79.9. The van der Waals surface area contributed by atoms with Crippen LogP contribution in [0.15, 0.2) is 16.6 Å². The van der Waals surface area contributed by atoms with E-state index in [0.29, 0.717) is 0 Å². The average Bonchev–Trinajstić information content (AvgIpc) is 2.25. The van der Waals surface area contributed by atoms with Crippen LogP contribution in [0.1, 0.15) is 51.3 Å². The second-order valence-corrected chi connectivity index (χ2v) is 6.20. The Labute approximate surface area is 113 Å². The van der Waals surface area contributed by atoms with Gasteiger partial charge in [-0.05, 0) is 45.5 Å². The summed E-state index contributed by atoms with van der Waals surface area (Å²) in [6, 6.07) is 4.30. The van der Waals surface area contributed by atoms with Gasteiger partial charge in [0, 0.05) is 11.6 Å². The molecule has 0 aliphatic heterocycles. The molecule has 0 amide bonds. The van der Waals surface area contributed by atoms with Gasteiger partial charge < -0.3 is 10.5 Å². The zero-order valence-electron chi connectivity index (χ0n) is 11.3. The molecule has 0 saturated heterocycles. The van der Waals surface area contributed by atoms with Crippen molar-refractivity contribution in [2.45, 2.75) is 45.6 Å². The van der Waals surface area contributed by atoms with Crippen molar-refractivity contribution in [3.8, 4) is 5.75 Å². The van der Waals surface area contributed by atoms with Crippen molar-refractivity contribution in [1.29, 1.82) is 0 Å². The number of ether oxygens (including phenoxy) is 1. The number of benzene rings is 1. The second kappa shape index (κ2) is 5.40. The number of halogens is 1. The van der Waals surface area contributed by atoms with E-state index in [4.69, 9.17) is 10.5 Å². The Bertz CT molecular complexity index is 396. The van der Waals surface area contributed by atoms with Crippen LogP contribution in [0.3, 0.4) is 0 Å². The smallest absolute Gasteiger partial charge is 0.136 e. The topological polar surface area (TPSA) is 35.2 Å². The number of hydrogen-bond acceptors (Lipinski definition) is 2. The van der Waals surface area contributed by atoms with Crippen molar-refractivity contribution < 1.29 is 4.74 Å². The van der Waals surface area contributed by atoms with Crippen LogP contribution in [0.5, 0.6) is 5.75 Å². The molecule has 0 aliphatic carbocycles. The van der Waals surface area contributed by atoms with E-state index in [2.05, 4.69) is 55.8 Å². The fraction of sp³-hybridized carbons (Fsp3) is 0.571. The van der Waals surface area contributed by atoms with E-state index in [1.807, 2.05) is 0 Å². The molecule has 0 fully saturated rings. The summed E-state index contributed by atoms with van der Waals surface area (Å²) in [5.41, 5.74) is 8.49. The minimum atomic E-state index is 0.0390. The number of nitrogens with two attached hydrogens (primary N) is 1. The fourth-order valence-electron chi connectivity index (χ4n) is 1.83. The summed E-state index contributed by atoms with van der Waals surface area (Å²) in [7, 11) is 1.70. The molecule has 0 heterocycles. The molecule has 2 N–H and O–H groups in total. The maximum atomic E-state index is 6.11. The summed E-state index contributed by atoms with van der Waals surface area (Å²) in [5.74, 6) is 0.907. The molecule has 0 aromatic heterocycles. The van der Waals surface area contributed by atoms with Crippen LogP contribution in [-0.2, 0) is 5.41 Å². The van der Waals surface area contributed by atoms with E-state index in [-0.39, 0.29) is 11.5 Å². The number of hydrogen-bond donors (Lipinski definition) is 1. The van der Waals surface area contributed by atoms with Crippen molar-refractivity contribution in [2.24, 2.45) is 5.73 Å². The molecule has 1 rings (SSSR count). The molecule has 1 aromatic carbocycles. The highest BCUT2D eigenvalue weighted by Crippen LogP contribution is 2.39. The summed E-state index contributed by atoms with van der Waals surface area (Å²) < 4.78 is 6.46. The standard InChI is InChI=1S/C14H22BrNO/c1-6-12(16)9-7-10(14(2,3)4)13(17-5)11(15)8-9/h7-8,12H,6,16H2,1-5H3. The largest absolute Gasteiger partial charge is 0.495 e. The molecular weight excluding hydrogens is 278 g/mol. The molecule has 0 saturated carbocycles. The highest BCUT2D eigenvalue weighted by Gasteiger charge is 2.22. The Morgan fingerprint density at radius 2 is 1.94 bits per heavy atom. The Morgan fingerprint density at radius 3 is 2.35 bits per heavy atom. The zero-order chi connectivity index (χ0) is 13.2. The van der Waals surface area contributed by atoms with E-state index in [0.717, 1.165) is 22.2 Å². The van der Waals surface area contributed by atoms with Gasteiger partial charge in [0.2, 0.25) is 0 Å². The fourth-order valence-corrected chi connectivity index (χ4v) is 2.47. The molecule has 17 heavy (non-hydrogen) atoms. The Morgan fingerprint density at radius 1 is 1.35 bits per heavy atom. The summed E-state index contributed by atoms with van der Waals surface area (Å²) in [6.45, 7) is 8.63. The van der Waals surface area contributed by atoms with Crippen LogP contribution in [0.25, 0.3) is 0 Å². The van der Waals surface area contributed by atoms with Gasteiger partial charge in [0.05, 0.1) is 11.6 Å². The number of rotatable bonds is 3. The third-order valence-corrected chi connectivity index (χ3v) is 3.54. The zero-order valence-corrected chi connectivity index (χ0v) is 12.9. The quantitative estimate of drug-likeness (QED) is 0.909. The lowest BCUT2D eigenvalue weighted by atomic mass is 9.84. The third kappa shape index (κ3) is 3.23. The van der Waals surface area contributed by atoms with E-state index in [1.54, 1.807) is 7.11 Å². The molecule has 2 nitrogen and oxygen atoms in total. The first-order valence-electron chi connectivity index (χ1n) is 5.94. The third-order valence-electron chi connectivity index (χ3n) is 2.95. The van der Waals surface area contributed by atoms with Crippen molar-refractivity contribution in [3.05, 3.63) is 27.7 Å². The van der Waals surface area contributed by atoms with Gasteiger partial charge in [-0.1, -0.05) is 27.7 Å². The lowest BCUT2D eigenvalue weighted by Gasteiger charge is -2.25. The molecule has 0 bridgehead atoms. The molecule has 0 spiro atoms. The monoisotopic (exact) mass is 299 g/mol. The predicted molar refractivity (Wildman–Crippen MR) is 76.6 cm³/mol. The van der Waals surface area contributed by atoms with E-state index in [1.165, 1.54) is 5.56 Å². The highest BCUT2D eigenvalue weighted by molar-refractivity contribution is 9.10. The first kappa shape index (κ1) is 14.5. The maximum Gasteiger partial charge on any atom is 0.136 e. The van der Waals surface area contributed by atoms with Crippen LogP contribution in [0.4, 0.5) is 0 Å². The van der Waals surface area contributed by atoms with Crippen molar-refractivity contribution in [2.75, 3.05) is 7.11 Å². The van der Waals surface area contributed by atoms with Gasteiger partial charge in [0.25, 0.3) is 0 Å². The SMILES string of the molecule is CCC(N)c1cc(Br)c(OC)c(C(C)(C)C)c1. The molecule has 1 atom stereocenters. The molecule has 0 radical (unpaired) electrons. The maximum absolute atomic E-state index is 6.11. The van der Waals surface area contributed by atoms with Gasteiger partial charge >= 0.3 is 0 Å². The summed E-state index contributed by atoms with van der Waals surface area (Å²) in [4.78, 5) is 0. The van der Waals surface area contributed by atoms with Gasteiger partial charge in [-0.15, -0.1) is 0 Å². The first-order valence-corrected chi connectivity index (χ1v) is 6.74. The molecule has 3 heteroatoms. The van der Waals surface area contributed by atoms with Gasteiger partial charge in [0.15, 0.2) is 0 Å². The van der Waals surface area contributed by atoms with Gasteiger partial charge in [-0.2, -0.15) is 0 Å².